The van der Waals surface area contributed by atoms with Crippen LogP contribution < -0.4 is 5.32 Å². The molecule has 1 aromatic heterocycles. The number of benzene rings is 1. The van der Waals surface area contributed by atoms with E-state index in [4.69, 9.17) is 4.74 Å². The van der Waals surface area contributed by atoms with E-state index in [0.717, 1.165) is 11.8 Å². The van der Waals surface area contributed by atoms with E-state index in [1.54, 1.807) is 39.0 Å². The number of halogens is 4. The normalized spacial score (nSPS) is 12.1. The largest absolute Gasteiger partial charge is 0.444 e. The number of nitrogens with one attached hydrogen (secondary N) is 2. The third kappa shape index (κ3) is 5.48. The van der Waals surface area contributed by atoms with Crippen LogP contribution in [0.5, 0.6) is 0 Å². The molecule has 0 saturated heterocycles. The Hall–Kier alpha value is -2.03. The van der Waals surface area contributed by atoms with E-state index >= 15 is 0 Å². The first-order chi connectivity index (χ1) is 11.5. The third-order valence-corrected chi connectivity index (χ3v) is 3.66. The highest BCUT2D eigenvalue weighted by Crippen LogP contribution is 2.32. The van der Waals surface area contributed by atoms with Crippen molar-refractivity contribution >= 4 is 22.0 Å². The maximum atomic E-state index is 12.6. The van der Waals surface area contributed by atoms with Gasteiger partial charge in [-0.2, -0.15) is 13.2 Å². The van der Waals surface area contributed by atoms with Crippen molar-refractivity contribution in [1.82, 2.24) is 15.3 Å². The number of H-pyrrole nitrogens is 1. The number of carbonyl (C=O) groups excluding carboxylic acids is 1. The van der Waals surface area contributed by atoms with Crippen LogP contribution in [0.4, 0.5) is 18.0 Å². The summed E-state index contributed by atoms with van der Waals surface area (Å²) in [6.07, 6.45) is -4.28. The molecule has 2 N–H and O–H groups in total. The molecule has 0 spiro atoms. The van der Waals surface area contributed by atoms with Crippen molar-refractivity contribution in [3.05, 3.63) is 40.1 Å². The number of alkyl carbamates (subject to hydrolysis) is 1. The molecule has 1 amide bonds. The fourth-order valence-electron chi connectivity index (χ4n) is 1.95. The number of aromatic amines is 1. The van der Waals surface area contributed by atoms with Crippen molar-refractivity contribution < 1.29 is 22.7 Å². The Morgan fingerprint density at radius 2 is 2.00 bits per heavy atom. The van der Waals surface area contributed by atoms with Gasteiger partial charge in [-0.25, -0.2) is 9.78 Å². The van der Waals surface area contributed by atoms with Gasteiger partial charge in [-0.15, -0.1) is 0 Å². The highest BCUT2D eigenvalue weighted by atomic mass is 79.9. The van der Waals surface area contributed by atoms with Gasteiger partial charge >= 0.3 is 12.3 Å². The highest BCUT2D eigenvalue weighted by Gasteiger charge is 2.33. The van der Waals surface area contributed by atoms with Crippen molar-refractivity contribution in [2.24, 2.45) is 0 Å². The predicted octanol–water partition coefficient (Wildman–Crippen LogP) is 4.88. The van der Waals surface area contributed by atoms with Gasteiger partial charge in [0.25, 0.3) is 0 Å². The molecule has 136 valence electrons. The molecule has 25 heavy (non-hydrogen) atoms. The molecule has 2 aromatic rings. The molecule has 1 aromatic carbocycles. The summed E-state index contributed by atoms with van der Waals surface area (Å²) < 4.78 is 43.6. The number of carbonyl (C=O) groups is 1. The molecule has 0 fully saturated rings. The third-order valence-electron chi connectivity index (χ3n) is 3.01. The van der Waals surface area contributed by atoms with Gasteiger partial charge in [0.15, 0.2) is 0 Å². The molecule has 0 aliphatic carbocycles. The highest BCUT2D eigenvalue weighted by molar-refractivity contribution is 9.10. The zero-order valence-electron chi connectivity index (χ0n) is 13.8. The van der Waals surface area contributed by atoms with E-state index < -0.39 is 23.6 Å². The molecule has 0 saturated carbocycles. The molecular formula is C16H17BrF3N3O2. The molecule has 2 rings (SSSR count). The van der Waals surface area contributed by atoms with Crippen LogP contribution in [0, 0.1) is 0 Å². The van der Waals surface area contributed by atoms with Gasteiger partial charge < -0.3 is 15.0 Å². The molecule has 0 atom stereocenters. The maximum absolute atomic E-state index is 12.6. The summed E-state index contributed by atoms with van der Waals surface area (Å²) in [5, 5.41) is 2.61. The number of rotatable bonds is 3. The molecule has 0 aliphatic rings. The van der Waals surface area contributed by atoms with Crippen LogP contribution >= 0.6 is 15.9 Å². The van der Waals surface area contributed by atoms with Gasteiger partial charge in [-0.05, 0) is 38.5 Å². The van der Waals surface area contributed by atoms with Crippen LogP contribution in [0.25, 0.3) is 11.4 Å². The molecule has 0 aliphatic heterocycles. The van der Waals surface area contributed by atoms with E-state index in [9.17, 15) is 18.0 Å². The van der Waals surface area contributed by atoms with E-state index in [1.165, 1.54) is 0 Å². The SMILES string of the molecule is CC(C)(C)OC(=O)NCc1ccc(-c2ncc(C(F)(F)F)[nH]2)c(Br)c1. The van der Waals surface area contributed by atoms with Gasteiger partial charge in [-0.1, -0.05) is 22.0 Å². The summed E-state index contributed by atoms with van der Waals surface area (Å²) in [6, 6.07) is 5.00. The Kier molecular flexibility index (Phi) is 5.46. The van der Waals surface area contributed by atoms with E-state index in [2.05, 4.69) is 31.2 Å². The number of amides is 1. The van der Waals surface area contributed by atoms with Gasteiger partial charge in [0.05, 0.1) is 6.20 Å². The fourth-order valence-corrected chi connectivity index (χ4v) is 2.57. The number of hydrogen-bond donors (Lipinski definition) is 2. The van der Waals surface area contributed by atoms with Crippen molar-refractivity contribution in [1.29, 1.82) is 0 Å². The number of nitrogens with zero attached hydrogens (tertiary/aromatic N) is 1. The lowest BCUT2D eigenvalue weighted by molar-refractivity contribution is -0.140. The summed E-state index contributed by atoms with van der Waals surface area (Å²) >= 11 is 3.31. The van der Waals surface area contributed by atoms with Crippen LogP contribution in [0.2, 0.25) is 0 Å². The summed E-state index contributed by atoms with van der Waals surface area (Å²) in [5.74, 6) is 0.103. The number of hydrogen-bond acceptors (Lipinski definition) is 3. The van der Waals surface area contributed by atoms with Gasteiger partial charge in [0, 0.05) is 16.6 Å². The molecule has 0 radical (unpaired) electrons. The molecule has 9 heteroatoms. The predicted molar refractivity (Wildman–Crippen MR) is 89.8 cm³/mol. The average molecular weight is 420 g/mol. The molecule has 5 nitrogen and oxygen atoms in total. The second kappa shape index (κ2) is 7.07. The first-order valence-corrected chi connectivity index (χ1v) is 8.13. The minimum atomic E-state index is -4.48. The Bertz CT molecular complexity index is 767. The summed E-state index contributed by atoms with van der Waals surface area (Å²) in [4.78, 5) is 17.6. The van der Waals surface area contributed by atoms with Crippen LogP contribution in [0.1, 0.15) is 32.0 Å². The second-order valence-electron chi connectivity index (χ2n) is 6.31. The summed E-state index contributed by atoms with van der Waals surface area (Å²) in [5.41, 5.74) is -0.269. The standard InChI is InChI=1S/C16H17BrF3N3O2/c1-15(2,3)25-14(24)22-7-9-4-5-10(11(17)6-9)13-21-8-12(23-13)16(18,19)20/h4-6,8H,7H2,1-3H3,(H,21,23)(H,22,24). The average Bonchev–Trinajstić information content (AvgIpc) is 2.93. The molecule has 1 heterocycles. The Morgan fingerprint density at radius 1 is 1.32 bits per heavy atom. The zero-order chi connectivity index (χ0) is 18.8. The van der Waals surface area contributed by atoms with Crippen molar-refractivity contribution in [2.45, 2.75) is 39.1 Å². The van der Waals surface area contributed by atoms with Gasteiger partial charge in [0.2, 0.25) is 0 Å². The van der Waals surface area contributed by atoms with Crippen LogP contribution in [0.15, 0.2) is 28.9 Å². The van der Waals surface area contributed by atoms with E-state index in [1.807, 2.05) is 0 Å². The van der Waals surface area contributed by atoms with Crippen LogP contribution in [-0.4, -0.2) is 21.7 Å². The van der Waals surface area contributed by atoms with Crippen molar-refractivity contribution in [2.75, 3.05) is 0 Å². The smallest absolute Gasteiger partial charge is 0.432 e. The second-order valence-corrected chi connectivity index (χ2v) is 7.17. The van der Waals surface area contributed by atoms with Crippen molar-refractivity contribution in [3.8, 4) is 11.4 Å². The lowest BCUT2D eigenvalue weighted by Crippen LogP contribution is -2.32. The zero-order valence-corrected chi connectivity index (χ0v) is 15.4. The molecular weight excluding hydrogens is 403 g/mol. The number of alkyl halides is 3. The Morgan fingerprint density at radius 3 is 2.52 bits per heavy atom. The van der Waals surface area contributed by atoms with E-state index in [0.29, 0.717) is 10.0 Å². The molecule has 0 bridgehead atoms. The van der Waals surface area contributed by atoms with Gasteiger partial charge in [0.1, 0.15) is 17.1 Å². The number of imidazole rings is 1. The number of aromatic nitrogens is 2. The lowest BCUT2D eigenvalue weighted by atomic mass is 10.1. The monoisotopic (exact) mass is 419 g/mol. The fraction of sp³-hybridized carbons (Fsp3) is 0.375. The minimum absolute atomic E-state index is 0.103. The summed E-state index contributed by atoms with van der Waals surface area (Å²) in [6.45, 7) is 5.50. The lowest BCUT2D eigenvalue weighted by Gasteiger charge is -2.19. The Balaban J connectivity index is 2.08. The Labute approximate surface area is 151 Å². The topological polar surface area (TPSA) is 67.0 Å². The van der Waals surface area contributed by atoms with Crippen molar-refractivity contribution in [3.63, 3.8) is 0 Å². The first-order valence-electron chi connectivity index (χ1n) is 7.33. The first kappa shape index (κ1) is 19.3. The van der Waals surface area contributed by atoms with Gasteiger partial charge in [-0.3, -0.25) is 0 Å². The maximum Gasteiger partial charge on any atom is 0.432 e. The minimum Gasteiger partial charge on any atom is -0.444 e. The van der Waals surface area contributed by atoms with Crippen LogP contribution in [-0.2, 0) is 17.5 Å². The molecule has 0 unspecified atom stereocenters. The summed E-state index contributed by atoms with van der Waals surface area (Å²) in [7, 11) is 0. The quantitative estimate of drug-likeness (QED) is 0.744. The van der Waals surface area contributed by atoms with E-state index in [-0.39, 0.29) is 12.4 Å². The van der Waals surface area contributed by atoms with Crippen LogP contribution in [0.3, 0.4) is 0 Å². The number of ether oxygens (including phenoxy) is 1.